The van der Waals surface area contributed by atoms with Crippen molar-refractivity contribution < 1.29 is 27.9 Å². The number of hydrogen-bond donors (Lipinski definition) is 2. The number of ether oxygens (including phenoxy) is 1. The highest BCUT2D eigenvalue weighted by atomic mass is 32.2. The van der Waals surface area contributed by atoms with Crippen LogP contribution in [0.5, 0.6) is 5.88 Å². The molecule has 7 nitrogen and oxygen atoms in total. The summed E-state index contributed by atoms with van der Waals surface area (Å²) in [5, 5.41) is 18.4. The Kier molecular flexibility index (Phi) is 7.10. The zero-order valence-corrected chi connectivity index (χ0v) is 15.7. The molecular formula is C17H17F3N4O3S. The molecule has 0 fully saturated rings. The lowest BCUT2D eigenvalue weighted by atomic mass is 10.1. The first-order valence-corrected chi connectivity index (χ1v) is 8.71. The topological polar surface area (TPSA) is 88.7 Å². The van der Waals surface area contributed by atoms with E-state index >= 15 is 0 Å². The van der Waals surface area contributed by atoms with E-state index < -0.39 is 11.4 Å². The molecule has 0 aliphatic carbocycles. The van der Waals surface area contributed by atoms with E-state index in [4.69, 9.17) is 9.94 Å². The van der Waals surface area contributed by atoms with Gasteiger partial charge in [0, 0.05) is 24.2 Å². The molecule has 0 atom stereocenters. The number of nitrogens with one attached hydrogen (secondary N) is 1. The number of hydrogen-bond acceptors (Lipinski definition) is 6. The molecule has 2 rings (SSSR count). The van der Waals surface area contributed by atoms with Gasteiger partial charge in [-0.3, -0.25) is 4.79 Å². The lowest BCUT2D eigenvalue weighted by Gasteiger charge is -2.06. The molecule has 0 aliphatic heterocycles. The number of alkyl halides is 3. The van der Waals surface area contributed by atoms with Crippen molar-refractivity contribution in [3.05, 3.63) is 48.2 Å². The third-order valence-electron chi connectivity index (χ3n) is 3.44. The summed E-state index contributed by atoms with van der Waals surface area (Å²) in [6.07, 6.45) is 3.15. The molecule has 150 valence electrons. The highest BCUT2D eigenvalue weighted by molar-refractivity contribution is 8.00. The zero-order valence-electron chi connectivity index (χ0n) is 14.9. The van der Waals surface area contributed by atoms with Gasteiger partial charge in [0.05, 0.1) is 5.69 Å². The molecule has 0 aliphatic rings. The Balaban J connectivity index is 1.99. The van der Waals surface area contributed by atoms with Crippen LogP contribution in [0.15, 0.2) is 58.2 Å². The number of benzene rings is 1. The molecule has 0 saturated heterocycles. The standard InChI is InChI=1S/C17H17F3N4O3S/c1-11(15(23-26)16(25)21-2)8-10-27-14-7-9-24(22-14)12-3-5-13(6-4-12)28-17(18,19)20/h3-9,26H,10H2,1-2H3,(H,21,25). The number of carbonyl (C=O) groups is 1. The molecule has 0 spiro atoms. The predicted molar refractivity (Wildman–Crippen MR) is 98.0 cm³/mol. The Morgan fingerprint density at radius 3 is 2.61 bits per heavy atom. The summed E-state index contributed by atoms with van der Waals surface area (Å²) in [4.78, 5) is 11.6. The molecule has 11 heteroatoms. The van der Waals surface area contributed by atoms with Gasteiger partial charge in [0.2, 0.25) is 5.88 Å². The maximum absolute atomic E-state index is 12.4. The van der Waals surface area contributed by atoms with Crippen LogP contribution in [0.1, 0.15) is 6.92 Å². The minimum Gasteiger partial charge on any atom is -0.472 e. The number of aromatic nitrogens is 2. The second kappa shape index (κ2) is 9.31. The Hall–Kier alpha value is -2.95. The first-order chi connectivity index (χ1) is 13.2. The van der Waals surface area contributed by atoms with Crippen LogP contribution in [0.3, 0.4) is 0 Å². The zero-order chi connectivity index (χ0) is 20.7. The Morgan fingerprint density at radius 1 is 1.36 bits per heavy atom. The van der Waals surface area contributed by atoms with Crippen molar-refractivity contribution in [2.75, 3.05) is 13.7 Å². The first kappa shape index (κ1) is 21.4. The second-order valence-electron chi connectivity index (χ2n) is 5.37. The Morgan fingerprint density at radius 2 is 2.04 bits per heavy atom. The largest absolute Gasteiger partial charge is 0.472 e. The van der Waals surface area contributed by atoms with Gasteiger partial charge in [0.1, 0.15) is 6.61 Å². The quantitative estimate of drug-likeness (QED) is 0.314. The van der Waals surface area contributed by atoms with Crippen LogP contribution in [0.2, 0.25) is 0 Å². The van der Waals surface area contributed by atoms with E-state index in [0.29, 0.717) is 11.3 Å². The van der Waals surface area contributed by atoms with Crippen LogP contribution in [0.4, 0.5) is 13.2 Å². The van der Waals surface area contributed by atoms with E-state index in [1.807, 2.05) is 0 Å². The number of amides is 1. The number of nitrogens with zero attached hydrogens (tertiary/aromatic N) is 3. The molecule has 1 aromatic heterocycles. The van der Waals surface area contributed by atoms with Crippen molar-refractivity contribution in [2.45, 2.75) is 17.3 Å². The Labute approximate surface area is 162 Å². The second-order valence-corrected chi connectivity index (χ2v) is 6.50. The maximum Gasteiger partial charge on any atom is 0.446 e. The normalized spacial score (nSPS) is 12.8. The maximum atomic E-state index is 12.4. The van der Waals surface area contributed by atoms with Gasteiger partial charge in [-0.15, -0.1) is 5.10 Å². The molecule has 0 saturated carbocycles. The summed E-state index contributed by atoms with van der Waals surface area (Å²) >= 11 is -0.185. The van der Waals surface area contributed by atoms with Crippen molar-refractivity contribution in [3.63, 3.8) is 0 Å². The predicted octanol–water partition coefficient (Wildman–Crippen LogP) is 3.39. The highest BCUT2D eigenvalue weighted by Gasteiger charge is 2.29. The van der Waals surface area contributed by atoms with E-state index in [2.05, 4.69) is 15.6 Å². The molecule has 0 radical (unpaired) electrons. The smallest absolute Gasteiger partial charge is 0.446 e. The minimum absolute atomic E-state index is 0.0695. The number of halogens is 3. The minimum atomic E-state index is -4.34. The van der Waals surface area contributed by atoms with Crippen molar-refractivity contribution in [3.8, 4) is 11.6 Å². The van der Waals surface area contributed by atoms with Gasteiger partial charge in [0.25, 0.3) is 5.91 Å². The molecule has 1 aromatic carbocycles. The molecule has 2 N–H and O–H groups in total. The summed E-state index contributed by atoms with van der Waals surface area (Å²) in [5.74, 6) is -0.257. The van der Waals surface area contributed by atoms with Gasteiger partial charge in [-0.25, -0.2) is 4.68 Å². The van der Waals surface area contributed by atoms with Crippen LogP contribution < -0.4 is 10.1 Å². The van der Waals surface area contributed by atoms with Crippen LogP contribution >= 0.6 is 11.8 Å². The summed E-state index contributed by atoms with van der Waals surface area (Å²) < 4.78 is 44.0. The van der Waals surface area contributed by atoms with Crippen LogP contribution in [-0.4, -0.2) is 45.8 Å². The summed E-state index contributed by atoms with van der Waals surface area (Å²) in [6.45, 7) is 1.66. The average Bonchev–Trinajstić information content (AvgIpc) is 3.10. The van der Waals surface area contributed by atoms with Crippen molar-refractivity contribution in [1.29, 1.82) is 0 Å². The van der Waals surface area contributed by atoms with Crippen LogP contribution in [0, 0.1) is 0 Å². The number of oxime groups is 1. The lowest BCUT2D eigenvalue weighted by molar-refractivity contribution is -0.114. The van der Waals surface area contributed by atoms with Gasteiger partial charge in [0.15, 0.2) is 5.71 Å². The van der Waals surface area contributed by atoms with E-state index in [-0.39, 0.29) is 34.9 Å². The average molecular weight is 414 g/mol. The van der Waals surface area contributed by atoms with Crippen LogP contribution in [0.25, 0.3) is 5.69 Å². The molecule has 0 unspecified atom stereocenters. The van der Waals surface area contributed by atoms with Gasteiger partial charge >= 0.3 is 5.51 Å². The number of rotatable bonds is 7. The highest BCUT2D eigenvalue weighted by Crippen LogP contribution is 2.36. The third kappa shape index (κ3) is 6.05. The Bertz CT molecular complexity index is 877. The van der Waals surface area contributed by atoms with Gasteiger partial charge in [-0.2, -0.15) is 13.2 Å². The van der Waals surface area contributed by atoms with Gasteiger partial charge in [-0.05, 0) is 54.6 Å². The van der Waals surface area contributed by atoms with Crippen LogP contribution in [-0.2, 0) is 4.79 Å². The number of thioether (sulfide) groups is 1. The molecule has 2 aromatic rings. The lowest BCUT2D eigenvalue weighted by Crippen LogP contribution is -2.28. The monoisotopic (exact) mass is 414 g/mol. The fourth-order valence-electron chi connectivity index (χ4n) is 2.10. The van der Waals surface area contributed by atoms with Crippen molar-refractivity contribution in [1.82, 2.24) is 15.1 Å². The fourth-order valence-corrected chi connectivity index (χ4v) is 2.64. The van der Waals surface area contributed by atoms with E-state index in [9.17, 15) is 18.0 Å². The molecule has 1 heterocycles. The summed E-state index contributed by atoms with van der Waals surface area (Å²) in [7, 11) is 1.41. The molecule has 0 bridgehead atoms. The van der Waals surface area contributed by atoms with Crippen molar-refractivity contribution >= 4 is 23.4 Å². The van der Waals surface area contributed by atoms with Gasteiger partial charge < -0.3 is 15.3 Å². The summed E-state index contributed by atoms with van der Waals surface area (Å²) in [6, 6.07) is 7.33. The molecule has 1 amide bonds. The molecular weight excluding hydrogens is 397 g/mol. The van der Waals surface area contributed by atoms with Crippen molar-refractivity contribution in [2.24, 2.45) is 5.16 Å². The SMILES string of the molecule is CNC(=O)C(=NO)C(C)=CCOc1ccn(-c2ccc(SC(F)(F)F)cc2)n1. The van der Waals surface area contributed by atoms with E-state index in [0.717, 1.165) is 0 Å². The molecule has 28 heavy (non-hydrogen) atoms. The summed E-state index contributed by atoms with van der Waals surface area (Å²) in [5.41, 5.74) is -3.48. The van der Waals surface area contributed by atoms with E-state index in [1.165, 1.54) is 36.0 Å². The fraction of sp³-hybridized carbons (Fsp3) is 0.235. The van der Waals surface area contributed by atoms with E-state index in [1.54, 1.807) is 25.3 Å². The van der Waals surface area contributed by atoms with Gasteiger partial charge in [-0.1, -0.05) is 5.16 Å². The number of carbonyl (C=O) groups excluding carboxylic acids is 1. The first-order valence-electron chi connectivity index (χ1n) is 7.89. The third-order valence-corrected chi connectivity index (χ3v) is 4.18.